The summed E-state index contributed by atoms with van der Waals surface area (Å²) in [5.74, 6) is -7.39. The molecule has 0 fully saturated rings. The molecule has 8 heteroatoms. The zero-order chi connectivity index (χ0) is 11.0. The van der Waals surface area contributed by atoms with Crippen molar-refractivity contribution in [1.29, 1.82) is 0 Å². The molecule has 1 N–H and O–H groups in total. The summed E-state index contributed by atoms with van der Waals surface area (Å²) in [5.41, 5.74) is 0. The molecular formula is C6H3F5N2O. The molecule has 0 atom stereocenters. The van der Waals surface area contributed by atoms with Gasteiger partial charge in [-0.05, 0) is 0 Å². The fourth-order valence-corrected chi connectivity index (χ4v) is 0.610. The van der Waals surface area contributed by atoms with Gasteiger partial charge in [0.15, 0.2) is 5.75 Å². The Kier molecular flexibility index (Phi) is 2.30. The van der Waals surface area contributed by atoms with E-state index in [2.05, 4.69) is 9.97 Å². The number of halogens is 5. The summed E-state index contributed by atoms with van der Waals surface area (Å²) in [4.78, 5) is 5.37. The highest BCUT2D eigenvalue weighted by atomic mass is 19.4. The van der Waals surface area contributed by atoms with Gasteiger partial charge in [0.1, 0.15) is 0 Å². The average molecular weight is 214 g/mol. The molecule has 0 saturated heterocycles. The van der Waals surface area contributed by atoms with E-state index in [1.807, 2.05) is 0 Å². The van der Waals surface area contributed by atoms with Crippen LogP contribution < -0.4 is 0 Å². The second kappa shape index (κ2) is 3.03. The van der Waals surface area contributed by atoms with Crippen molar-refractivity contribution in [2.75, 3.05) is 0 Å². The fourth-order valence-electron chi connectivity index (χ4n) is 0.610. The molecule has 3 nitrogen and oxygen atoms in total. The van der Waals surface area contributed by atoms with E-state index in [0.717, 1.165) is 0 Å². The van der Waals surface area contributed by atoms with Crippen LogP contribution in [0.3, 0.4) is 0 Å². The van der Waals surface area contributed by atoms with Crippen LogP contribution in [-0.4, -0.2) is 21.3 Å². The highest BCUT2D eigenvalue weighted by molar-refractivity contribution is 5.12. The summed E-state index contributed by atoms with van der Waals surface area (Å²) in [6.45, 7) is 0. The van der Waals surface area contributed by atoms with Crippen molar-refractivity contribution >= 4 is 0 Å². The molecule has 0 spiro atoms. The minimum Gasteiger partial charge on any atom is -0.505 e. The van der Waals surface area contributed by atoms with Crippen LogP contribution in [0, 0.1) is 0 Å². The number of alkyl halides is 5. The van der Waals surface area contributed by atoms with Gasteiger partial charge in [-0.2, -0.15) is 22.0 Å². The van der Waals surface area contributed by atoms with E-state index < -0.39 is 23.7 Å². The van der Waals surface area contributed by atoms with Gasteiger partial charge in [-0.3, -0.25) is 0 Å². The van der Waals surface area contributed by atoms with Gasteiger partial charge in [0.25, 0.3) is 0 Å². The van der Waals surface area contributed by atoms with Gasteiger partial charge < -0.3 is 5.11 Å². The van der Waals surface area contributed by atoms with E-state index >= 15 is 0 Å². The Bertz CT molecular complexity index is 320. The van der Waals surface area contributed by atoms with Crippen molar-refractivity contribution < 1.29 is 27.1 Å². The normalized spacial score (nSPS) is 12.9. The van der Waals surface area contributed by atoms with Crippen LogP contribution in [-0.2, 0) is 5.92 Å². The lowest BCUT2D eigenvalue weighted by Crippen LogP contribution is -2.35. The van der Waals surface area contributed by atoms with Crippen molar-refractivity contribution in [1.82, 2.24) is 9.97 Å². The van der Waals surface area contributed by atoms with Crippen LogP contribution in [0.2, 0.25) is 0 Å². The highest BCUT2D eigenvalue weighted by Gasteiger charge is 2.61. The van der Waals surface area contributed by atoms with Crippen molar-refractivity contribution in [2.45, 2.75) is 12.1 Å². The first-order chi connectivity index (χ1) is 6.25. The lowest BCUT2D eigenvalue weighted by atomic mass is 10.3. The molecule has 78 valence electrons. The Morgan fingerprint density at radius 3 is 1.79 bits per heavy atom. The largest absolute Gasteiger partial charge is 0.505 e. The standard InChI is InChI=1S/C6H3F5N2O/c7-5(8,6(9,10)11)4-12-1-3(14)2-13-4/h1-2,14H. The van der Waals surface area contributed by atoms with Crippen LogP contribution in [0.1, 0.15) is 5.82 Å². The van der Waals surface area contributed by atoms with E-state index in [1.165, 1.54) is 0 Å². The molecule has 0 aliphatic rings. The first-order valence-corrected chi connectivity index (χ1v) is 3.21. The molecule has 0 bridgehead atoms. The number of hydrogen-bond donors (Lipinski definition) is 1. The first kappa shape index (κ1) is 10.6. The van der Waals surface area contributed by atoms with Crippen LogP contribution in [0.4, 0.5) is 22.0 Å². The van der Waals surface area contributed by atoms with E-state index in [9.17, 15) is 22.0 Å². The maximum absolute atomic E-state index is 12.5. The molecule has 0 unspecified atom stereocenters. The molecule has 1 heterocycles. The Hall–Kier alpha value is -1.47. The number of rotatable bonds is 1. The first-order valence-electron chi connectivity index (χ1n) is 3.21. The molecule has 0 aromatic carbocycles. The van der Waals surface area contributed by atoms with E-state index in [0.29, 0.717) is 12.4 Å². The molecule has 0 radical (unpaired) electrons. The molecule has 0 aliphatic carbocycles. The van der Waals surface area contributed by atoms with E-state index in [1.54, 1.807) is 0 Å². The summed E-state index contributed by atoms with van der Waals surface area (Å²) in [6, 6.07) is 0. The van der Waals surface area contributed by atoms with E-state index in [4.69, 9.17) is 5.11 Å². The van der Waals surface area contributed by atoms with Crippen LogP contribution in [0.15, 0.2) is 12.4 Å². The van der Waals surface area contributed by atoms with Gasteiger partial charge in [-0.1, -0.05) is 0 Å². The third-order valence-electron chi connectivity index (χ3n) is 1.28. The molecule has 1 aromatic heterocycles. The second-order valence-electron chi connectivity index (χ2n) is 2.34. The monoisotopic (exact) mass is 214 g/mol. The molecule has 0 saturated carbocycles. The molecule has 0 amide bonds. The number of nitrogens with zero attached hydrogens (tertiary/aromatic N) is 2. The third kappa shape index (κ3) is 1.73. The maximum atomic E-state index is 12.5. The molecule has 0 aliphatic heterocycles. The van der Waals surface area contributed by atoms with Gasteiger partial charge in [0.05, 0.1) is 12.4 Å². The van der Waals surface area contributed by atoms with Crippen molar-refractivity contribution in [3.8, 4) is 5.75 Å². The molecular weight excluding hydrogens is 211 g/mol. The number of aromatic nitrogens is 2. The van der Waals surface area contributed by atoms with Gasteiger partial charge in [0, 0.05) is 0 Å². The van der Waals surface area contributed by atoms with Crippen LogP contribution >= 0.6 is 0 Å². The zero-order valence-electron chi connectivity index (χ0n) is 6.39. The summed E-state index contributed by atoms with van der Waals surface area (Å²) in [6.07, 6.45) is -4.83. The van der Waals surface area contributed by atoms with Crippen molar-refractivity contribution in [2.24, 2.45) is 0 Å². The van der Waals surface area contributed by atoms with Crippen LogP contribution in [0.5, 0.6) is 5.75 Å². The molecule has 14 heavy (non-hydrogen) atoms. The average Bonchev–Trinajstić information content (AvgIpc) is 2.03. The quantitative estimate of drug-likeness (QED) is 0.725. The fraction of sp³-hybridized carbons (Fsp3) is 0.333. The van der Waals surface area contributed by atoms with Gasteiger partial charge in [-0.25, -0.2) is 9.97 Å². The summed E-state index contributed by atoms with van der Waals surface area (Å²) in [7, 11) is 0. The molecule has 1 aromatic rings. The predicted octanol–water partition coefficient (Wildman–Crippen LogP) is 1.84. The number of aromatic hydroxyl groups is 1. The van der Waals surface area contributed by atoms with Crippen molar-refractivity contribution in [3.05, 3.63) is 18.2 Å². The number of hydrogen-bond acceptors (Lipinski definition) is 3. The van der Waals surface area contributed by atoms with Gasteiger partial charge in [0.2, 0.25) is 5.82 Å². The Morgan fingerprint density at radius 2 is 1.43 bits per heavy atom. The summed E-state index contributed by atoms with van der Waals surface area (Å²) < 4.78 is 60.1. The van der Waals surface area contributed by atoms with Crippen LogP contribution in [0.25, 0.3) is 0 Å². The maximum Gasteiger partial charge on any atom is 0.461 e. The van der Waals surface area contributed by atoms with Gasteiger partial charge in [-0.15, -0.1) is 0 Å². The minimum atomic E-state index is -5.75. The van der Waals surface area contributed by atoms with Crippen molar-refractivity contribution in [3.63, 3.8) is 0 Å². The van der Waals surface area contributed by atoms with E-state index in [-0.39, 0.29) is 0 Å². The lowest BCUT2D eigenvalue weighted by molar-refractivity contribution is -0.292. The third-order valence-corrected chi connectivity index (χ3v) is 1.28. The zero-order valence-corrected chi connectivity index (χ0v) is 6.39. The Balaban J connectivity index is 3.10. The lowest BCUT2D eigenvalue weighted by Gasteiger charge is -2.17. The minimum absolute atomic E-state index is 0.460. The predicted molar refractivity (Wildman–Crippen MR) is 33.6 cm³/mol. The summed E-state index contributed by atoms with van der Waals surface area (Å²) in [5, 5.41) is 8.57. The Labute approximate surface area is 74.2 Å². The topological polar surface area (TPSA) is 46.0 Å². The smallest absolute Gasteiger partial charge is 0.461 e. The summed E-state index contributed by atoms with van der Waals surface area (Å²) >= 11 is 0. The van der Waals surface area contributed by atoms with Gasteiger partial charge >= 0.3 is 12.1 Å². The SMILES string of the molecule is Oc1cnc(C(F)(F)C(F)(F)F)nc1. The second-order valence-corrected chi connectivity index (χ2v) is 2.34. The Morgan fingerprint density at radius 1 is 1.00 bits per heavy atom. The molecule has 1 rings (SSSR count). The highest BCUT2D eigenvalue weighted by Crippen LogP contribution is 2.42.